The van der Waals surface area contributed by atoms with Crippen LogP contribution in [0.15, 0.2) is 235 Å². The highest BCUT2D eigenvalue weighted by Gasteiger charge is 2.22. The van der Waals surface area contributed by atoms with Crippen LogP contribution >= 0.6 is 0 Å². The lowest BCUT2D eigenvalue weighted by atomic mass is 9.96. The van der Waals surface area contributed by atoms with E-state index in [9.17, 15) is 0 Å². The molecule has 3 nitrogen and oxygen atoms in total. The summed E-state index contributed by atoms with van der Waals surface area (Å²) in [7, 11) is 0. The summed E-state index contributed by atoms with van der Waals surface area (Å²) >= 11 is 0. The van der Waals surface area contributed by atoms with Gasteiger partial charge in [-0.1, -0.05) is 170 Å². The summed E-state index contributed by atoms with van der Waals surface area (Å²) in [5, 5.41) is 7.12. The van der Waals surface area contributed by atoms with Crippen molar-refractivity contribution in [2.24, 2.45) is 0 Å². The van der Waals surface area contributed by atoms with E-state index in [0.29, 0.717) is 0 Å². The number of hydrogen-bond donors (Lipinski definition) is 0. The van der Waals surface area contributed by atoms with E-state index >= 15 is 0 Å². The minimum atomic E-state index is 0.869. The van der Waals surface area contributed by atoms with Gasteiger partial charge in [0.25, 0.3) is 0 Å². The molecule has 61 heavy (non-hydrogen) atoms. The first-order valence-electron chi connectivity index (χ1n) is 20.8. The van der Waals surface area contributed by atoms with Gasteiger partial charge in [-0.3, -0.25) is 0 Å². The average molecular weight is 779 g/mol. The van der Waals surface area contributed by atoms with E-state index in [2.05, 4.69) is 234 Å². The summed E-state index contributed by atoms with van der Waals surface area (Å²) in [6.07, 6.45) is 0. The van der Waals surface area contributed by atoms with Crippen LogP contribution in [0.2, 0.25) is 0 Å². The largest absolute Gasteiger partial charge is 0.454 e. The summed E-state index contributed by atoms with van der Waals surface area (Å²) in [4.78, 5) is 2.34. The van der Waals surface area contributed by atoms with E-state index in [1.807, 2.05) is 6.07 Å². The van der Waals surface area contributed by atoms with Crippen molar-refractivity contribution in [1.82, 2.24) is 4.57 Å². The van der Waals surface area contributed by atoms with Crippen molar-refractivity contribution in [3.8, 4) is 39.1 Å². The third-order valence-electron chi connectivity index (χ3n) is 12.2. The maximum absolute atomic E-state index is 6.78. The molecule has 0 spiro atoms. The molecule has 12 aromatic rings. The zero-order valence-electron chi connectivity index (χ0n) is 33.2. The molecule has 0 aliphatic carbocycles. The van der Waals surface area contributed by atoms with E-state index < -0.39 is 0 Å². The normalized spacial score (nSPS) is 11.6. The number of aromatic nitrogens is 1. The van der Waals surface area contributed by atoms with Gasteiger partial charge in [-0.15, -0.1) is 0 Å². The Balaban J connectivity index is 0.956. The standard InChI is InChI=1S/C58H38N2O/c1-3-14-39(15-4-1)41-30-34-46(35-31-41)59(54-38-44-16-7-8-19-49(44)57-51-21-10-12-25-55(51)61-58(54)57)47-36-32-42(33-37-47)40-26-28-43(29-27-40)48-22-13-24-53-56(48)50-20-9-11-23-52(50)60(53)45-17-5-2-6-18-45/h1-38H. The van der Waals surface area contributed by atoms with Crippen LogP contribution in [0, 0.1) is 0 Å². The van der Waals surface area contributed by atoms with E-state index in [4.69, 9.17) is 4.42 Å². The van der Waals surface area contributed by atoms with Crippen LogP contribution in [-0.2, 0) is 0 Å². The van der Waals surface area contributed by atoms with E-state index in [-0.39, 0.29) is 0 Å². The van der Waals surface area contributed by atoms with Gasteiger partial charge in [0.2, 0.25) is 0 Å². The SMILES string of the molecule is c1ccc(-c2ccc(N(c3ccc(-c4ccc(-c5cccc6c5c5ccccc5n6-c5ccccc5)cc4)cc3)c3cc4ccccc4c4c3oc3ccccc34)cc2)cc1. The van der Waals surface area contributed by atoms with Crippen molar-refractivity contribution in [1.29, 1.82) is 0 Å². The van der Waals surface area contributed by atoms with Gasteiger partial charge in [-0.25, -0.2) is 0 Å². The fourth-order valence-corrected chi connectivity index (χ4v) is 9.34. The molecular formula is C58H38N2O. The number of furan rings is 1. The van der Waals surface area contributed by atoms with Crippen LogP contribution < -0.4 is 4.90 Å². The average Bonchev–Trinajstić information content (AvgIpc) is 3.90. The molecule has 0 aliphatic rings. The molecule has 0 saturated heterocycles. The maximum atomic E-state index is 6.78. The second kappa shape index (κ2) is 14.3. The lowest BCUT2D eigenvalue weighted by Gasteiger charge is -2.26. The Morgan fingerprint density at radius 1 is 0.361 bits per heavy atom. The molecule has 0 amide bonds. The molecule has 0 fully saturated rings. The summed E-state index contributed by atoms with van der Waals surface area (Å²) < 4.78 is 9.16. The predicted molar refractivity (Wildman–Crippen MR) is 257 cm³/mol. The Hall–Kier alpha value is -8.14. The van der Waals surface area contributed by atoms with Crippen molar-refractivity contribution >= 4 is 71.6 Å². The first-order valence-corrected chi connectivity index (χ1v) is 20.8. The number of rotatable bonds is 7. The Morgan fingerprint density at radius 3 is 1.59 bits per heavy atom. The molecule has 0 N–H and O–H groups in total. The Kier molecular flexibility index (Phi) is 8.17. The lowest BCUT2D eigenvalue weighted by Crippen LogP contribution is -2.10. The van der Waals surface area contributed by atoms with Gasteiger partial charge >= 0.3 is 0 Å². The molecule has 2 aromatic heterocycles. The zero-order valence-corrected chi connectivity index (χ0v) is 33.2. The molecule has 12 rings (SSSR count). The molecular weight excluding hydrogens is 741 g/mol. The maximum Gasteiger partial charge on any atom is 0.160 e. The number of nitrogens with zero attached hydrogens (tertiary/aromatic N) is 2. The second-order valence-electron chi connectivity index (χ2n) is 15.7. The molecule has 0 bridgehead atoms. The summed E-state index contributed by atoms with van der Waals surface area (Å²) in [5.41, 5.74) is 15.5. The summed E-state index contributed by atoms with van der Waals surface area (Å²) in [5.74, 6) is 0. The molecule has 0 saturated carbocycles. The van der Waals surface area contributed by atoms with E-state index in [1.165, 1.54) is 60.4 Å². The molecule has 10 aromatic carbocycles. The van der Waals surface area contributed by atoms with Crippen LogP contribution in [0.3, 0.4) is 0 Å². The van der Waals surface area contributed by atoms with Crippen molar-refractivity contribution < 1.29 is 4.42 Å². The molecule has 0 aliphatic heterocycles. The fraction of sp³-hybridized carbons (Fsp3) is 0. The smallest absolute Gasteiger partial charge is 0.160 e. The van der Waals surface area contributed by atoms with E-state index in [0.717, 1.165) is 50.3 Å². The number of benzene rings is 10. The van der Waals surface area contributed by atoms with Gasteiger partial charge < -0.3 is 13.9 Å². The van der Waals surface area contributed by atoms with Crippen molar-refractivity contribution in [3.63, 3.8) is 0 Å². The van der Waals surface area contributed by atoms with E-state index in [1.54, 1.807) is 0 Å². The zero-order chi connectivity index (χ0) is 40.3. The number of hydrogen-bond acceptors (Lipinski definition) is 2. The van der Waals surface area contributed by atoms with Crippen LogP contribution in [0.1, 0.15) is 0 Å². The molecule has 286 valence electrons. The fourth-order valence-electron chi connectivity index (χ4n) is 9.34. The predicted octanol–water partition coefficient (Wildman–Crippen LogP) is 16.3. The minimum Gasteiger partial charge on any atom is -0.454 e. The highest BCUT2D eigenvalue weighted by molar-refractivity contribution is 6.23. The molecule has 2 heterocycles. The van der Waals surface area contributed by atoms with Crippen LogP contribution in [0.4, 0.5) is 17.1 Å². The first kappa shape index (κ1) is 34.9. The monoisotopic (exact) mass is 778 g/mol. The Labute approximate surface area is 353 Å². The number of para-hydroxylation sites is 3. The van der Waals surface area contributed by atoms with Crippen molar-refractivity contribution in [3.05, 3.63) is 231 Å². The van der Waals surface area contributed by atoms with Gasteiger partial charge in [0.05, 0.1) is 16.7 Å². The van der Waals surface area contributed by atoms with Gasteiger partial charge in [0.1, 0.15) is 5.58 Å². The van der Waals surface area contributed by atoms with Crippen molar-refractivity contribution in [2.75, 3.05) is 4.90 Å². The Bertz CT molecular complexity index is 3550. The quantitative estimate of drug-likeness (QED) is 0.161. The van der Waals surface area contributed by atoms with Gasteiger partial charge in [-0.05, 0) is 105 Å². The van der Waals surface area contributed by atoms with Gasteiger partial charge in [0, 0.05) is 38.6 Å². The highest BCUT2D eigenvalue weighted by Crippen LogP contribution is 2.46. The van der Waals surface area contributed by atoms with Gasteiger partial charge in [0.15, 0.2) is 5.58 Å². The second-order valence-corrected chi connectivity index (χ2v) is 15.7. The van der Waals surface area contributed by atoms with Gasteiger partial charge in [-0.2, -0.15) is 0 Å². The van der Waals surface area contributed by atoms with Crippen LogP contribution in [-0.4, -0.2) is 4.57 Å². The van der Waals surface area contributed by atoms with Crippen molar-refractivity contribution in [2.45, 2.75) is 0 Å². The first-order chi connectivity index (χ1) is 30.3. The molecule has 0 unspecified atom stereocenters. The third kappa shape index (κ3) is 5.82. The molecule has 0 atom stereocenters. The highest BCUT2D eigenvalue weighted by atomic mass is 16.3. The topological polar surface area (TPSA) is 21.3 Å². The summed E-state index contributed by atoms with van der Waals surface area (Å²) in [6.45, 7) is 0. The lowest BCUT2D eigenvalue weighted by molar-refractivity contribution is 0.669. The minimum absolute atomic E-state index is 0.869. The van der Waals surface area contributed by atoms with Crippen LogP contribution in [0.5, 0.6) is 0 Å². The molecule has 0 radical (unpaired) electrons. The third-order valence-corrected chi connectivity index (χ3v) is 12.2. The summed E-state index contributed by atoms with van der Waals surface area (Å²) in [6, 6.07) is 82.7. The number of anilines is 3. The number of fused-ring (bicyclic) bond motifs is 8. The molecule has 3 heteroatoms. The Morgan fingerprint density at radius 2 is 0.885 bits per heavy atom. The van der Waals surface area contributed by atoms with Crippen LogP contribution in [0.25, 0.3) is 93.6 Å².